The van der Waals surface area contributed by atoms with Crippen molar-refractivity contribution in [3.63, 3.8) is 0 Å². The van der Waals surface area contributed by atoms with E-state index in [4.69, 9.17) is 17.7 Å². The molecule has 7 aromatic rings. The average Bonchev–Trinajstić information content (AvgIpc) is 3.24. The van der Waals surface area contributed by atoms with Crippen LogP contribution in [0.15, 0.2) is 140 Å². The fourth-order valence-electron chi connectivity index (χ4n) is 9.16. The van der Waals surface area contributed by atoms with E-state index in [-0.39, 0.29) is 0 Å². The van der Waals surface area contributed by atoms with Gasteiger partial charge in [-0.15, -0.1) is 0 Å². The lowest BCUT2D eigenvalue weighted by molar-refractivity contribution is 0.395. The second kappa shape index (κ2) is 17.3. The van der Waals surface area contributed by atoms with E-state index in [0.29, 0.717) is 0 Å². The Labute approximate surface area is 365 Å². The standard InChI is InChI=1S/C31H32O2Si.C24H26O2Si/c1-5-24-17-22(3)30-26(19-24)21-27-20-25(6-2)18-23(4)31(27)33-34(32-30,28-13-9-7-10-14-28)29-15-11-8-12-16-29;1-16-11-18(3)23-20(13-16)15-21-14-17(2)12-19(4)24(21)26-27(5,25-23)22-9-7-6-8-10-22/h7-20H,5-6,21H2,1-4H3;6-14H,15H2,1-5H3. The number of benzene rings is 7. The Bertz CT molecular complexity index is 2530. The van der Waals surface area contributed by atoms with Crippen LogP contribution in [0.2, 0.25) is 6.55 Å². The highest BCUT2D eigenvalue weighted by atomic mass is 28.4. The summed E-state index contributed by atoms with van der Waals surface area (Å²) in [4.78, 5) is 0. The minimum Gasteiger partial charge on any atom is -0.508 e. The molecule has 0 amide bonds. The highest BCUT2D eigenvalue weighted by Gasteiger charge is 2.49. The normalized spacial score (nSPS) is 14.4. The van der Waals surface area contributed by atoms with Crippen molar-refractivity contribution in [3.8, 4) is 23.0 Å². The number of fused-ring (bicyclic) bond motifs is 4. The van der Waals surface area contributed by atoms with Crippen molar-refractivity contribution < 1.29 is 17.7 Å². The first-order valence-corrected chi connectivity index (χ1v) is 25.9. The van der Waals surface area contributed by atoms with Gasteiger partial charge in [0, 0.05) is 34.9 Å². The van der Waals surface area contributed by atoms with Crippen molar-refractivity contribution in [3.05, 3.63) is 206 Å². The molecular weight excluding hydrogens is 781 g/mol. The molecule has 0 aromatic heterocycles. The Hall–Kier alpha value is -5.83. The fourth-order valence-corrected chi connectivity index (χ4v) is 14.9. The van der Waals surface area contributed by atoms with Gasteiger partial charge in [0.2, 0.25) is 0 Å². The molecule has 2 aliphatic rings. The third-order valence-corrected chi connectivity index (χ3v) is 17.8. The molecule has 61 heavy (non-hydrogen) atoms. The van der Waals surface area contributed by atoms with Crippen molar-refractivity contribution in [1.29, 1.82) is 0 Å². The third-order valence-electron chi connectivity index (χ3n) is 12.1. The Morgan fingerprint density at radius 2 is 0.721 bits per heavy atom. The van der Waals surface area contributed by atoms with Crippen LogP contribution in [-0.2, 0) is 25.7 Å². The van der Waals surface area contributed by atoms with Gasteiger partial charge < -0.3 is 17.7 Å². The van der Waals surface area contributed by atoms with E-state index in [9.17, 15) is 0 Å². The van der Waals surface area contributed by atoms with Crippen LogP contribution in [0.25, 0.3) is 0 Å². The zero-order valence-electron chi connectivity index (χ0n) is 37.2. The van der Waals surface area contributed by atoms with E-state index in [2.05, 4.69) is 195 Å². The summed E-state index contributed by atoms with van der Waals surface area (Å²) in [5.74, 6) is 3.93. The molecule has 6 heteroatoms. The third kappa shape index (κ3) is 8.44. The molecule has 0 bridgehead atoms. The van der Waals surface area contributed by atoms with E-state index in [1.807, 2.05) is 6.07 Å². The summed E-state index contributed by atoms with van der Waals surface area (Å²) in [6.45, 7) is 19.5. The number of hydrogen-bond donors (Lipinski definition) is 0. The molecule has 0 saturated carbocycles. The van der Waals surface area contributed by atoms with Gasteiger partial charge in [-0.2, -0.15) is 0 Å². The Morgan fingerprint density at radius 3 is 1.10 bits per heavy atom. The van der Waals surface area contributed by atoms with E-state index in [1.54, 1.807) is 0 Å². The molecule has 2 heterocycles. The predicted molar refractivity (Wildman–Crippen MR) is 257 cm³/mol. The highest BCUT2D eigenvalue weighted by molar-refractivity contribution is 6.93. The van der Waals surface area contributed by atoms with E-state index in [0.717, 1.165) is 64.2 Å². The Kier molecular flexibility index (Phi) is 11.9. The molecule has 0 radical (unpaired) electrons. The lowest BCUT2D eigenvalue weighted by atomic mass is 9.94. The molecule has 0 atom stereocenters. The summed E-state index contributed by atoms with van der Waals surface area (Å²) < 4.78 is 27.9. The summed E-state index contributed by atoms with van der Waals surface area (Å²) >= 11 is 0. The van der Waals surface area contributed by atoms with Crippen LogP contribution in [0.5, 0.6) is 23.0 Å². The summed E-state index contributed by atoms with van der Waals surface area (Å²) in [6.07, 6.45) is 3.65. The molecule has 310 valence electrons. The zero-order valence-corrected chi connectivity index (χ0v) is 39.2. The maximum Gasteiger partial charge on any atom is 0.531 e. The van der Waals surface area contributed by atoms with Gasteiger partial charge in [-0.1, -0.05) is 165 Å². The number of aryl methyl sites for hydroxylation is 8. The van der Waals surface area contributed by atoms with Gasteiger partial charge in [-0.05, 0) is 110 Å². The zero-order chi connectivity index (χ0) is 42.9. The predicted octanol–water partition coefficient (Wildman–Crippen LogP) is 11.3. The van der Waals surface area contributed by atoms with Gasteiger partial charge in [-0.25, -0.2) is 0 Å². The fraction of sp³-hybridized carbons (Fsp3) is 0.236. The minimum absolute atomic E-state index is 0.808. The van der Waals surface area contributed by atoms with Crippen LogP contribution < -0.4 is 33.3 Å². The van der Waals surface area contributed by atoms with Gasteiger partial charge in [-0.3, -0.25) is 0 Å². The van der Waals surface area contributed by atoms with Crippen LogP contribution in [0, 0.1) is 41.5 Å². The summed E-state index contributed by atoms with van der Waals surface area (Å²) in [5, 5.41) is 3.36. The monoisotopic (exact) mass is 838 g/mol. The van der Waals surface area contributed by atoms with Gasteiger partial charge in [0.25, 0.3) is 0 Å². The van der Waals surface area contributed by atoms with Gasteiger partial charge >= 0.3 is 17.1 Å². The molecule has 0 fully saturated rings. The molecule has 0 aliphatic carbocycles. The SMILES string of the molecule is CCc1cc(C)c2c(c1)Cc1cc(CC)cc(C)c1O[Si](c1ccccc1)(c1ccccc1)O2.Cc1cc(C)c2c(c1)Cc1cc(C)cc(C)c1O[Si](C)(c1ccccc1)O2. The first-order valence-electron chi connectivity index (χ1n) is 21.8. The van der Waals surface area contributed by atoms with E-state index < -0.39 is 17.1 Å². The highest BCUT2D eigenvalue weighted by Crippen LogP contribution is 2.40. The molecule has 0 saturated heterocycles. The van der Waals surface area contributed by atoms with Crippen molar-refractivity contribution in [2.75, 3.05) is 0 Å². The molecule has 0 unspecified atom stereocenters. The largest absolute Gasteiger partial charge is 0.531 e. The second-order valence-electron chi connectivity index (χ2n) is 17.1. The smallest absolute Gasteiger partial charge is 0.508 e. The van der Waals surface area contributed by atoms with Gasteiger partial charge in [0.15, 0.2) is 0 Å². The van der Waals surface area contributed by atoms with E-state index in [1.165, 1.54) is 66.8 Å². The summed E-state index contributed by atoms with van der Waals surface area (Å²) in [7, 11) is -5.83. The quantitative estimate of drug-likeness (QED) is 0.162. The lowest BCUT2D eigenvalue weighted by Crippen LogP contribution is -2.68. The minimum atomic E-state index is -3.14. The number of rotatable bonds is 5. The summed E-state index contributed by atoms with van der Waals surface area (Å²) in [6, 6.07) is 49.6. The Balaban J connectivity index is 0.000000173. The molecule has 0 N–H and O–H groups in total. The first kappa shape index (κ1) is 41.9. The average molecular weight is 839 g/mol. The van der Waals surface area contributed by atoms with Crippen molar-refractivity contribution in [2.45, 2.75) is 87.6 Å². The Morgan fingerprint density at radius 1 is 0.393 bits per heavy atom. The molecular formula is C55H58O4Si2. The molecule has 4 nitrogen and oxygen atoms in total. The lowest BCUT2D eigenvalue weighted by Gasteiger charge is -2.37. The van der Waals surface area contributed by atoms with Crippen LogP contribution in [0.1, 0.15) is 80.6 Å². The van der Waals surface area contributed by atoms with Crippen molar-refractivity contribution >= 4 is 32.7 Å². The molecule has 7 aromatic carbocycles. The van der Waals surface area contributed by atoms with Gasteiger partial charge in [0.05, 0.1) is 0 Å². The van der Waals surface area contributed by atoms with Crippen molar-refractivity contribution in [1.82, 2.24) is 0 Å². The van der Waals surface area contributed by atoms with E-state index >= 15 is 0 Å². The topological polar surface area (TPSA) is 36.9 Å². The number of hydrogen-bond acceptors (Lipinski definition) is 4. The van der Waals surface area contributed by atoms with Crippen LogP contribution in [-0.4, -0.2) is 17.1 Å². The van der Waals surface area contributed by atoms with Crippen LogP contribution >= 0.6 is 0 Å². The van der Waals surface area contributed by atoms with Crippen LogP contribution in [0.4, 0.5) is 0 Å². The van der Waals surface area contributed by atoms with Crippen molar-refractivity contribution in [2.24, 2.45) is 0 Å². The molecule has 0 spiro atoms. The molecule has 2 aliphatic heterocycles. The first-order chi connectivity index (χ1) is 29.4. The van der Waals surface area contributed by atoms with Gasteiger partial charge in [0.1, 0.15) is 23.0 Å². The maximum absolute atomic E-state index is 7.21. The molecule has 9 rings (SSSR count). The summed E-state index contributed by atoms with van der Waals surface area (Å²) in [5.41, 5.74) is 14.9. The van der Waals surface area contributed by atoms with Crippen LogP contribution in [0.3, 0.4) is 0 Å². The maximum atomic E-state index is 7.21. The second-order valence-corrected chi connectivity index (χ2v) is 22.7.